The molecule has 1 aromatic carbocycles. The van der Waals surface area contributed by atoms with E-state index in [1.54, 1.807) is 23.2 Å². The van der Waals surface area contributed by atoms with Gasteiger partial charge in [-0.1, -0.05) is 17.7 Å². The van der Waals surface area contributed by atoms with E-state index in [1.165, 1.54) is 12.3 Å². The normalized spacial score (nSPS) is 14.3. The molecular formula is C14H13ClFN3O. The van der Waals surface area contributed by atoms with Crippen molar-refractivity contribution in [1.82, 2.24) is 15.1 Å². The molecule has 4 nitrogen and oxygen atoms in total. The molecule has 1 saturated carbocycles. The molecule has 0 radical (unpaired) electrons. The van der Waals surface area contributed by atoms with Gasteiger partial charge in [0.15, 0.2) is 0 Å². The van der Waals surface area contributed by atoms with E-state index < -0.39 is 0 Å². The van der Waals surface area contributed by atoms with Crippen LogP contribution in [0.5, 0.6) is 0 Å². The zero-order valence-electron chi connectivity index (χ0n) is 10.6. The van der Waals surface area contributed by atoms with Crippen LogP contribution in [-0.4, -0.2) is 27.0 Å². The smallest absolute Gasteiger partial charge is 0.257 e. The molecule has 1 fully saturated rings. The molecule has 0 spiro atoms. The first-order valence-corrected chi connectivity index (χ1v) is 6.77. The zero-order valence-corrected chi connectivity index (χ0v) is 11.4. The molecule has 20 heavy (non-hydrogen) atoms. The van der Waals surface area contributed by atoms with Crippen LogP contribution < -0.4 is 0 Å². The van der Waals surface area contributed by atoms with Gasteiger partial charge in [-0.05, 0) is 25.0 Å². The van der Waals surface area contributed by atoms with E-state index in [2.05, 4.69) is 10.2 Å². The largest absolute Gasteiger partial charge is 0.331 e. The molecule has 0 unspecified atom stereocenters. The number of H-pyrrole nitrogens is 1. The maximum atomic E-state index is 13.9. The van der Waals surface area contributed by atoms with Gasteiger partial charge in [0.2, 0.25) is 0 Å². The lowest BCUT2D eigenvalue weighted by Crippen LogP contribution is -2.32. The van der Waals surface area contributed by atoms with Gasteiger partial charge in [-0.3, -0.25) is 9.89 Å². The van der Waals surface area contributed by atoms with Crippen molar-refractivity contribution in [3.05, 3.63) is 52.6 Å². The number of carbonyl (C=O) groups excluding carboxylic acids is 1. The summed E-state index contributed by atoms with van der Waals surface area (Å²) in [5, 5.41) is 6.73. The monoisotopic (exact) mass is 293 g/mol. The van der Waals surface area contributed by atoms with Crippen molar-refractivity contribution >= 4 is 17.5 Å². The lowest BCUT2D eigenvalue weighted by atomic mass is 10.1. The van der Waals surface area contributed by atoms with Gasteiger partial charge in [0.05, 0.1) is 18.3 Å². The standard InChI is InChI=1S/C14H13ClFN3O/c15-12-2-1-3-13(16)11(12)8-19(10-4-5-10)14(20)9-6-17-18-7-9/h1-3,6-7,10H,4-5,8H2,(H,17,18). The summed E-state index contributed by atoms with van der Waals surface area (Å²) in [7, 11) is 0. The van der Waals surface area contributed by atoms with Crippen molar-refractivity contribution in [2.45, 2.75) is 25.4 Å². The Labute approximate surface area is 120 Å². The van der Waals surface area contributed by atoms with Crippen molar-refractivity contribution in [2.24, 2.45) is 0 Å². The van der Waals surface area contributed by atoms with Crippen LogP contribution in [0.4, 0.5) is 4.39 Å². The van der Waals surface area contributed by atoms with Crippen molar-refractivity contribution < 1.29 is 9.18 Å². The van der Waals surface area contributed by atoms with Gasteiger partial charge in [-0.15, -0.1) is 0 Å². The van der Waals surface area contributed by atoms with Crippen molar-refractivity contribution in [2.75, 3.05) is 0 Å². The average molecular weight is 294 g/mol. The van der Waals surface area contributed by atoms with E-state index in [0.717, 1.165) is 12.8 Å². The summed E-state index contributed by atoms with van der Waals surface area (Å²) in [6.07, 6.45) is 4.90. The molecule has 0 bridgehead atoms. The van der Waals surface area contributed by atoms with Gasteiger partial charge in [0.25, 0.3) is 5.91 Å². The number of aromatic amines is 1. The van der Waals surface area contributed by atoms with Crippen LogP contribution >= 0.6 is 11.6 Å². The second-order valence-electron chi connectivity index (χ2n) is 4.85. The molecule has 0 atom stereocenters. The Morgan fingerprint density at radius 2 is 2.30 bits per heavy atom. The van der Waals surface area contributed by atoms with E-state index in [4.69, 9.17) is 11.6 Å². The Morgan fingerprint density at radius 1 is 1.50 bits per heavy atom. The predicted molar refractivity (Wildman–Crippen MR) is 72.9 cm³/mol. The summed E-state index contributed by atoms with van der Waals surface area (Å²) in [4.78, 5) is 14.1. The molecule has 1 heterocycles. The van der Waals surface area contributed by atoms with Gasteiger partial charge in [0.1, 0.15) is 5.82 Å². The summed E-state index contributed by atoms with van der Waals surface area (Å²) < 4.78 is 13.9. The molecule has 3 rings (SSSR count). The number of amides is 1. The van der Waals surface area contributed by atoms with Gasteiger partial charge in [-0.25, -0.2) is 4.39 Å². The van der Waals surface area contributed by atoms with Crippen molar-refractivity contribution in [3.8, 4) is 0 Å². The fraction of sp³-hybridized carbons (Fsp3) is 0.286. The lowest BCUT2D eigenvalue weighted by Gasteiger charge is -2.22. The number of benzene rings is 1. The number of hydrogen-bond donors (Lipinski definition) is 1. The molecule has 1 aliphatic rings. The van der Waals surface area contributed by atoms with E-state index in [9.17, 15) is 9.18 Å². The van der Waals surface area contributed by atoms with Crippen LogP contribution in [0.15, 0.2) is 30.6 Å². The third-order valence-electron chi connectivity index (χ3n) is 3.38. The van der Waals surface area contributed by atoms with Crippen LogP contribution in [0, 0.1) is 5.82 Å². The molecule has 1 aromatic heterocycles. The summed E-state index contributed by atoms with van der Waals surface area (Å²) in [5.41, 5.74) is 0.835. The van der Waals surface area contributed by atoms with E-state index in [0.29, 0.717) is 16.1 Å². The molecule has 0 aliphatic heterocycles. The van der Waals surface area contributed by atoms with E-state index in [1.807, 2.05) is 0 Å². The Balaban J connectivity index is 1.87. The maximum absolute atomic E-state index is 13.9. The fourth-order valence-electron chi connectivity index (χ4n) is 2.14. The number of aromatic nitrogens is 2. The van der Waals surface area contributed by atoms with Crippen LogP contribution in [0.3, 0.4) is 0 Å². The van der Waals surface area contributed by atoms with Crippen molar-refractivity contribution in [3.63, 3.8) is 0 Å². The molecule has 0 saturated heterocycles. The lowest BCUT2D eigenvalue weighted by molar-refractivity contribution is 0.0728. The molecule has 1 N–H and O–H groups in total. The molecule has 2 aromatic rings. The highest BCUT2D eigenvalue weighted by Crippen LogP contribution is 2.31. The molecule has 1 amide bonds. The third kappa shape index (κ3) is 2.54. The summed E-state index contributed by atoms with van der Waals surface area (Å²) >= 11 is 6.03. The number of nitrogens with zero attached hydrogens (tertiary/aromatic N) is 2. The van der Waals surface area contributed by atoms with Crippen LogP contribution in [-0.2, 0) is 6.54 Å². The van der Waals surface area contributed by atoms with Crippen molar-refractivity contribution in [1.29, 1.82) is 0 Å². The van der Waals surface area contributed by atoms with Crippen LogP contribution in [0.25, 0.3) is 0 Å². The Hall–Kier alpha value is -1.88. The second kappa shape index (κ2) is 5.25. The minimum absolute atomic E-state index is 0.152. The van der Waals surface area contributed by atoms with Crippen LogP contribution in [0.2, 0.25) is 5.02 Å². The summed E-state index contributed by atoms with van der Waals surface area (Å²) in [6, 6.07) is 4.70. The highest BCUT2D eigenvalue weighted by Gasteiger charge is 2.34. The number of halogens is 2. The molecule has 104 valence electrons. The maximum Gasteiger partial charge on any atom is 0.257 e. The Kier molecular flexibility index (Phi) is 3.44. The molecular weight excluding hydrogens is 281 g/mol. The van der Waals surface area contributed by atoms with Gasteiger partial charge < -0.3 is 4.90 Å². The number of rotatable bonds is 4. The number of hydrogen-bond acceptors (Lipinski definition) is 2. The number of carbonyl (C=O) groups is 1. The first-order chi connectivity index (χ1) is 9.66. The highest BCUT2D eigenvalue weighted by molar-refractivity contribution is 6.31. The topological polar surface area (TPSA) is 49.0 Å². The minimum Gasteiger partial charge on any atom is -0.331 e. The molecule has 6 heteroatoms. The second-order valence-corrected chi connectivity index (χ2v) is 5.26. The van der Waals surface area contributed by atoms with Gasteiger partial charge >= 0.3 is 0 Å². The third-order valence-corrected chi connectivity index (χ3v) is 3.74. The first-order valence-electron chi connectivity index (χ1n) is 6.39. The quantitative estimate of drug-likeness (QED) is 0.942. The Morgan fingerprint density at radius 3 is 2.90 bits per heavy atom. The minimum atomic E-state index is -0.386. The summed E-state index contributed by atoms with van der Waals surface area (Å²) in [5.74, 6) is -0.538. The van der Waals surface area contributed by atoms with E-state index >= 15 is 0 Å². The zero-order chi connectivity index (χ0) is 14.1. The Bertz CT molecular complexity index is 605. The highest BCUT2D eigenvalue weighted by atomic mass is 35.5. The van der Waals surface area contributed by atoms with E-state index in [-0.39, 0.29) is 24.3 Å². The summed E-state index contributed by atoms with van der Waals surface area (Å²) in [6.45, 7) is 0.181. The number of nitrogens with one attached hydrogen (secondary N) is 1. The van der Waals surface area contributed by atoms with Crippen LogP contribution in [0.1, 0.15) is 28.8 Å². The molecule has 1 aliphatic carbocycles. The first kappa shape index (κ1) is 13.1. The van der Waals surface area contributed by atoms with Gasteiger partial charge in [0, 0.05) is 22.8 Å². The predicted octanol–water partition coefficient (Wildman–Crippen LogP) is 3.01. The van der Waals surface area contributed by atoms with Gasteiger partial charge in [-0.2, -0.15) is 5.10 Å². The average Bonchev–Trinajstić information content (AvgIpc) is 3.11. The fourth-order valence-corrected chi connectivity index (χ4v) is 2.36. The SMILES string of the molecule is O=C(c1cn[nH]c1)N(Cc1c(F)cccc1Cl)C1CC1.